The number of nitrogens with one attached hydrogen (secondary N) is 1. The molecule has 1 amide bonds. The van der Waals surface area contributed by atoms with Gasteiger partial charge in [0.25, 0.3) is 5.91 Å². The number of amides is 1. The van der Waals surface area contributed by atoms with Gasteiger partial charge in [-0.1, -0.05) is 11.3 Å². The number of hydrogen-bond donors (Lipinski definition) is 2. The van der Waals surface area contributed by atoms with E-state index in [2.05, 4.69) is 15.5 Å². The van der Waals surface area contributed by atoms with Crippen LogP contribution in [0.3, 0.4) is 0 Å². The fourth-order valence-corrected chi connectivity index (χ4v) is 1.92. The lowest BCUT2D eigenvalue weighted by molar-refractivity contribution is 0.0958. The lowest BCUT2D eigenvalue weighted by atomic mass is 10.4. The lowest BCUT2D eigenvalue weighted by Gasteiger charge is -1.95. The zero-order chi connectivity index (χ0) is 12.3. The fourth-order valence-electron chi connectivity index (χ4n) is 1.20. The zero-order valence-electron chi connectivity index (χ0n) is 9.01. The third kappa shape index (κ3) is 2.70. The summed E-state index contributed by atoms with van der Waals surface area (Å²) in [7, 11) is 0. The Labute approximate surface area is 101 Å². The van der Waals surface area contributed by atoms with Crippen LogP contribution in [0.2, 0.25) is 0 Å². The average molecular weight is 250 g/mol. The largest absolute Gasteiger partial charge is 0.463 e. The molecular weight excluding hydrogens is 240 g/mol. The van der Waals surface area contributed by atoms with Gasteiger partial charge in [0, 0.05) is 0 Å². The van der Waals surface area contributed by atoms with E-state index in [0.29, 0.717) is 21.5 Å². The highest BCUT2D eigenvalue weighted by molar-refractivity contribution is 7.17. The second-order valence-corrected chi connectivity index (χ2v) is 4.21. The number of anilines is 1. The van der Waals surface area contributed by atoms with Crippen LogP contribution < -0.4 is 11.2 Å². The van der Waals surface area contributed by atoms with Crippen LogP contribution in [0.25, 0.3) is 0 Å². The number of nitrogens with zero attached hydrogens (tertiary/aromatic N) is 2. The van der Waals surface area contributed by atoms with E-state index in [9.17, 15) is 4.79 Å². The highest BCUT2D eigenvalue weighted by atomic mass is 32.1. The summed E-state index contributed by atoms with van der Waals surface area (Å²) in [5.41, 5.74) is 8.47. The fraction of sp³-hybridized carbons (Fsp3) is 0.100. The number of nitrogen functional groups attached to an aromatic ring is 1. The highest BCUT2D eigenvalue weighted by Crippen LogP contribution is 2.19. The Bertz CT molecular complexity index is 545. The van der Waals surface area contributed by atoms with E-state index < -0.39 is 0 Å². The van der Waals surface area contributed by atoms with Gasteiger partial charge in [0.1, 0.15) is 10.6 Å². The van der Waals surface area contributed by atoms with Gasteiger partial charge in [0.05, 0.1) is 18.2 Å². The van der Waals surface area contributed by atoms with Crippen molar-refractivity contribution in [1.82, 2.24) is 10.4 Å². The predicted molar refractivity (Wildman–Crippen MR) is 65.0 cm³/mol. The molecule has 0 fully saturated rings. The van der Waals surface area contributed by atoms with Crippen LogP contribution in [-0.4, -0.2) is 17.1 Å². The first-order valence-corrected chi connectivity index (χ1v) is 5.58. The SMILES string of the molecule is Cc1nc(N)sc1C(=O)N/N=C/c1ccco1. The minimum absolute atomic E-state index is 0.334. The summed E-state index contributed by atoms with van der Waals surface area (Å²) >= 11 is 1.13. The molecule has 0 aromatic carbocycles. The van der Waals surface area contributed by atoms with Gasteiger partial charge in [-0.15, -0.1) is 0 Å². The monoisotopic (exact) mass is 250 g/mol. The molecule has 0 aliphatic rings. The number of carbonyl (C=O) groups is 1. The Balaban J connectivity index is 2.00. The number of thiazole rings is 1. The number of hydrazone groups is 1. The lowest BCUT2D eigenvalue weighted by Crippen LogP contribution is -2.17. The van der Waals surface area contributed by atoms with Gasteiger partial charge in [0.15, 0.2) is 5.13 Å². The topological polar surface area (TPSA) is 93.5 Å². The van der Waals surface area contributed by atoms with Crippen LogP contribution in [0.4, 0.5) is 5.13 Å². The van der Waals surface area contributed by atoms with Gasteiger partial charge in [0.2, 0.25) is 0 Å². The summed E-state index contributed by atoms with van der Waals surface area (Å²) in [6.07, 6.45) is 2.94. The van der Waals surface area contributed by atoms with Crippen molar-refractivity contribution in [3.05, 3.63) is 34.7 Å². The van der Waals surface area contributed by atoms with E-state index in [1.165, 1.54) is 12.5 Å². The maximum atomic E-state index is 11.7. The van der Waals surface area contributed by atoms with E-state index in [1.54, 1.807) is 19.1 Å². The van der Waals surface area contributed by atoms with Crippen LogP contribution in [0.15, 0.2) is 27.9 Å². The molecule has 3 N–H and O–H groups in total. The molecule has 6 nitrogen and oxygen atoms in total. The van der Waals surface area contributed by atoms with Crippen LogP contribution in [0.5, 0.6) is 0 Å². The molecule has 7 heteroatoms. The van der Waals surface area contributed by atoms with Gasteiger partial charge in [-0.25, -0.2) is 10.4 Å². The predicted octanol–water partition coefficient (Wildman–Crippen LogP) is 1.39. The second-order valence-electron chi connectivity index (χ2n) is 3.18. The Kier molecular flexibility index (Phi) is 3.20. The number of hydrogen-bond acceptors (Lipinski definition) is 6. The van der Waals surface area contributed by atoms with Crippen molar-refractivity contribution in [2.75, 3.05) is 5.73 Å². The Morgan fingerprint density at radius 3 is 3.12 bits per heavy atom. The number of aromatic nitrogens is 1. The molecule has 0 saturated heterocycles. The third-order valence-corrected chi connectivity index (χ3v) is 2.91. The molecule has 0 saturated carbocycles. The molecule has 0 spiro atoms. The average Bonchev–Trinajstić information content (AvgIpc) is 2.88. The first kappa shape index (κ1) is 11.3. The molecule has 17 heavy (non-hydrogen) atoms. The molecule has 2 aromatic rings. The molecule has 0 unspecified atom stereocenters. The molecular formula is C10H10N4O2S. The summed E-state index contributed by atoms with van der Waals surface area (Å²) in [6.45, 7) is 1.72. The second kappa shape index (κ2) is 4.79. The number of carbonyl (C=O) groups excluding carboxylic acids is 1. The maximum Gasteiger partial charge on any atom is 0.283 e. The van der Waals surface area contributed by atoms with Crippen molar-refractivity contribution >= 4 is 28.6 Å². The van der Waals surface area contributed by atoms with Crippen LogP contribution in [0.1, 0.15) is 21.1 Å². The molecule has 2 heterocycles. The summed E-state index contributed by atoms with van der Waals surface area (Å²) in [5.74, 6) is 0.227. The normalized spacial score (nSPS) is 10.9. The molecule has 2 rings (SSSR count). The summed E-state index contributed by atoms with van der Waals surface area (Å²) < 4.78 is 5.02. The van der Waals surface area contributed by atoms with Crippen LogP contribution in [-0.2, 0) is 0 Å². The maximum absolute atomic E-state index is 11.7. The van der Waals surface area contributed by atoms with E-state index in [4.69, 9.17) is 10.2 Å². The molecule has 2 aromatic heterocycles. The number of rotatable bonds is 3. The first-order valence-electron chi connectivity index (χ1n) is 4.76. The summed E-state index contributed by atoms with van der Waals surface area (Å²) in [4.78, 5) is 16.1. The van der Waals surface area contributed by atoms with Crippen LogP contribution >= 0.6 is 11.3 Å². The first-order chi connectivity index (χ1) is 8.16. The number of aryl methyl sites for hydroxylation is 1. The van der Waals surface area contributed by atoms with Gasteiger partial charge < -0.3 is 10.2 Å². The van der Waals surface area contributed by atoms with Crippen LogP contribution in [0, 0.1) is 6.92 Å². The molecule has 88 valence electrons. The van der Waals surface area contributed by atoms with E-state index >= 15 is 0 Å². The minimum atomic E-state index is -0.334. The smallest absolute Gasteiger partial charge is 0.283 e. The Morgan fingerprint density at radius 1 is 1.71 bits per heavy atom. The number of nitrogens with two attached hydrogens (primary N) is 1. The molecule has 0 atom stereocenters. The van der Waals surface area contributed by atoms with Gasteiger partial charge in [-0.3, -0.25) is 4.79 Å². The summed E-state index contributed by atoms with van der Waals surface area (Å²) in [6, 6.07) is 3.46. The van der Waals surface area contributed by atoms with Crippen molar-refractivity contribution in [3.63, 3.8) is 0 Å². The van der Waals surface area contributed by atoms with Crippen molar-refractivity contribution in [2.45, 2.75) is 6.92 Å². The summed E-state index contributed by atoms with van der Waals surface area (Å²) in [5, 5.41) is 4.12. The van der Waals surface area contributed by atoms with Crippen molar-refractivity contribution in [2.24, 2.45) is 5.10 Å². The van der Waals surface area contributed by atoms with Gasteiger partial charge >= 0.3 is 0 Å². The molecule has 0 aliphatic carbocycles. The van der Waals surface area contributed by atoms with Crippen molar-refractivity contribution in [3.8, 4) is 0 Å². The van der Waals surface area contributed by atoms with E-state index in [-0.39, 0.29) is 5.91 Å². The Morgan fingerprint density at radius 2 is 2.53 bits per heavy atom. The third-order valence-electron chi connectivity index (χ3n) is 1.92. The number of furan rings is 1. The minimum Gasteiger partial charge on any atom is -0.463 e. The highest BCUT2D eigenvalue weighted by Gasteiger charge is 2.13. The van der Waals surface area contributed by atoms with E-state index in [0.717, 1.165) is 11.3 Å². The van der Waals surface area contributed by atoms with Gasteiger partial charge in [-0.2, -0.15) is 5.10 Å². The van der Waals surface area contributed by atoms with Crippen molar-refractivity contribution < 1.29 is 9.21 Å². The quantitative estimate of drug-likeness (QED) is 0.635. The Hall–Kier alpha value is -2.15. The zero-order valence-corrected chi connectivity index (χ0v) is 9.82. The van der Waals surface area contributed by atoms with Gasteiger partial charge in [-0.05, 0) is 19.1 Å². The standard InChI is InChI=1S/C10H10N4O2S/c1-6-8(17-10(11)13-6)9(15)14-12-5-7-3-2-4-16-7/h2-5H,1H3,(H2,11,13)(H,14,15)/b12-5+. The molecule has 0 bridgehead atoms. The molecule has 0 radical (unpaired) electrons. The van der Waals surface area contributed by atoms with Crippen molar-refractivity contribution in [1.29, 1.82) is 0 Å². The van der Waals surface area contributed by atoms with E-state index in [1.807, 2.05) is 0 Å². The molecule has 0 aliphatic heterocycles.